The minimum absolute atomic E-state index is 0.0604. The molecule has 0 spiro atoms. The summed E-state index contributed by atoms with van der Waals surface area (Å²) in [5, 5.41) is 10.9. The Morgan fingerprint density at radius 3 is 2.48 bits per heavy atom. The molecule has 0 amide bonds. The smallest absolute Gasteiger partial charge is 0.269 e. The number of ether oxygens (including phenoxy) is 1. The first kappa shape index (κ1) is 15.6. The van der Waals surface area contributed by atoms with Crippen molar-refractivity contribution in [1.82, 2.24) is 0 Å². The highest BCUT2D eigenvalue weighted by atomic mass is 35.5. The number of benzene rings is 2. The lowest BCUT2D eigenvalue weighted by Gasteiger charge is -2.14. The zero-order chi connectivity index (χ0) is 15.4. The number of hydrogen-bond donors (Lipinski definition) is 0. The second-order valence-corrected chi connectivity index (χ2v) is 5.44. The van der Waals surface area contributed by atoms with Crippen LogP contribution in [0, 0.1) is 10.1 Å². The number of nitrogens with zero attached hydrogens (tertiary/aromatic N) is 1. The van der Waals surface area contributed by atoms with Crippen molar-refractivity contribution in [3.8, 4) is 5.75 Å². The summed E-state index contributed by atoms with van der Waals surface area (Å²) in [7, 11) is 1.57. The predicted octanol–water partition coefficient (Wildman–Crippen LogP) is 4.78. The van der Waals surface area contributed by atoms with Crippen molar-refractivity contribution in [3.63, 3.8) is 0 Å². The Bertz CT molecular complexity index is 644. The highest BCUT2D eigenvalue weighted by Gasteiger charge is 2.15. The van der Waals surface area contributed by atoms with Gasteiger partial charge in [0.2, 0.25) is 0 Å². The van der Waals surface area contributed by atoms with Crippen molar-refractivity contribution in [3.05, 3.63) is 68.7 Å². The average Bonchev–Trinajstić information content (AvgIpc) is 2.47. The highest BCUT2D eigenvalue weighted by molar-refractivity contribution is 6.31. The molecule has 0 saturated carbocycles. The first-order chi connectivity index (χ1) is 10.0. The second kappa shape index (κ2) is 6.78. The Hall–Kier alpha value is -1.78. The Morgan fingerprint density at radius 2 is 1.90 bits per heavy atom. The van der Waals surface area contributed by atoms with Crippen molar-refractivity contribution in [2.75, 3.05) is 7.11 Å². The fourth-order valence-electron chi connectivity index (χ4n) is 2.02. The van der Waals surface area contributed by atoms with Crippen LogP contribution in [-0.2, 0) is 6.42 Å². The molecule has 110 valence electrons. The molecule has 0 aliphatic rings. The summed E-state index contributed by atoms with van der Waals surface area (Å²) < 4.78 is 5.28. The molecular weight excluding hydrogens is 313 g/mol. The molecule has 0 bridgehead atoms. The quantitative estimate of drug-likeness (QED) is 0.451. The van der Waals surface area contributed by atoms with Gasteiger partial charge in [0, 0.05) is 22.7 Å². The number of halogens is 2. The number of non-ortho nitro benzene ring substituents is 1. The third-order valence-corrected chi connectivity index (χ3v) is 3.72. The van der Waals surface area contributed by atoms with Gasteiger partial charge in [-0.3, -0.25) is 10.1 Å². The van der Waals surface area contributed by atoms with Crippen LogP contribution in [-0.4, -0.2) is 12.0 Å². The van der Waals surface area contributed by atoms with Crippen LogP contribution in [0.4, 0.5) is 5.69 Å². The summed E-state index contributed by atoms with van der Waals surface area (Å²) in [4.78, 5) is 10.2. The van der Waals surface area contributed by atoms with E-state index in [0.29, 0.717) is 17.2 Å². The van der Waals surface area contributed by atoms with E-state index in [4.69, 9.17) is 27.9 Å². The van der Waals surface area contributed by atoms with Crippen LogP contribution in [0.15, 0.2) is 42.5 Å². The van der Waals surface area contributed by atoms with Gasteiger partial charge in [0.1, 0.15) is 5.75 Å². The van der Waals surface area contributed by atoms with Crippen molar-refractivity contribution in [1.29, 1.82) is 0 Å². The molecule has 0 aliphatic carbocycles. The lowest BCUT2D eigenvalue weighted by molar-refractivity contribution is -0.384. The Morgan fingerprint density at radius 1 is 1.24 bits per heavy atom. The van der Waals surface area contributed by atoms with Gasteiger partial charge in [-0.2, -0.15) is 0 Å². The van der Waals surface area contributed by atoms with Crippen molar-refractivity contribution < 1.29 is 9.66 Å². The van der Waals surface area contributed by atoms with Gasteiger partial charge < -0.3 is 4.74 Å². The first-order valence-electron chi connectivity index (χ1n) is 6.22. The lowest BCUT2D eigenvalue weighted by Crippen LogP contribution is -1.99. The molecule has 21 heavy (non-hydrogen) atoms. The molecule has 6 heteroatoms. The molecule has 2 rings (SSSR count). The van der Waals surface area contributed by atoms with Crippen LogP contribution < -0.4 is 4.74 Å². The molecule has 0 radical (unpaired) electrons. The number of methoxy groups -OCH3 is 1. The van der Waals surface area contributed by atoms with E-state index in [1.165, 1.54) is 12.1 Å². The van der Waals surface area contributed by atoms with Gasteiger partial charge in [0.15, 0.2) is 0 Å². The highest BCUT2D eigenvalue weighted by Crippen LogP contribution is 2.34. The molecule has 0 aliphatic heterocycles. The van der Waals surface area contributed by atoms with Crippen LogP contribution in [0.1, 0.15) is 16.5 Å². The van der Waals surface area contributed by atoms with Crippen molar-refractivity contribution in [2.24, 2.45) is 0 Å². The number of hydrogen-bond acceptors (Lipinski definition) is 3. The van der Waals surface area contributed by atoms with Gasteiger partial charge in [-0.15, -0.1) is 11.6 Å². The number of alkyl halides is 1. The van der Waals surface area contributed by atoms with E-state index in [2.05, 4.69) is 0 Å². The fraction of sp³-hybridized carbons (Fsp3) is 0.200. The zero-order valence-corrected chi connectivity index (χ0v) is 12.8. The number of nitro benzene ring substituents is 1. The molecule has 2 aromatic rings. The van der Waals surface area contributed by atoms with E-state index in [1.807, 2.05) is 0 Å². The third kappa shape index (κ3) is 3.86. The Kier molecular flexibility index (Phi) is 5.04. The minimum Gasteiger partial charge on any atom is -0.496 e. The minimum atomic E-state index is -0.429. The monoisotopic (exact) mass is 325 g/mol. The molecule has 1 atom stereocenters. The molecule has 0 aromatic heterocycles. The summed E-state index contributed by atoms with van der Waals surface area (Å²) in [6, 6.07) is 11.6. The lowest BCUT2D eigenvalue weighted by atomic mass is 10.0. The van der Waals surface area contributed by atoms with Crippen LogP contribution in [0.3, 0.4) is 0 Å². The molecule has 0 saturated heterocycles. The maximum Gasteiger partial charge on any atom is 0.269 e. The largest absolute Gasteiger partial charge is 0.496 e. The molecule has 0 N–H and O–H groups in total. The fourth-order valence-corrected chi connectivity index (χ4v) is 2.55. The van der Waals surface area contributed by atoms with E-state index >= 15 is 0 Å². The standard InChI is InChI=1S/C15H13Cl2NO3/c1-21-15-7-4-11(16)9-13(15)14(17)8-10-2-5-12(6-3-10)18(19)20/h2-7,9,14H,8H2,1H3. The Labute approximate surface area is 132 Å². The van der Waals surface area contributed by atoms with E-state index in [-0.39, 0.29) is 11.1 Å². The van der Waals surface area contributed by atoms with E-state index in [9.17, 15) is 10.1 Å². The van der Waals surface area contributed by atoms with Gasteiger partial charge in [0.05, 0.1) is 17.4 Å². The molecule has 2 aromatic carbocycles. The summed E-state index contributed by atoms with van der Waals surface area (Å²) in [5.41, 5.74) is 1.76. The van der Waals surface area contributed by atoms with Gasteiger partial charge in [0.25, 0.3) is 5.69 Å². The maximum absolute atomic E-state index is 10.6. The normalized spacial score (nSPS) is 12.0. The number of rotatable bonds is 5. The van der Waals surface area contributed by atoms with E-state index in [1.54, 1.807) is 37.4 Å². The van der Waals surface area contributed by atoms with Gasteiger partial charge in [-0.25, -0.2) is 0 Å². The van der Waals surface area contributed by atoms with Gasteiger partial charge in [-0.05, 0) is 30.2 Å². The van der Waals surface area contributed by atoms with Crippen LogP contribution in [0.2, 0.25) is 5.02 Å². The molecule has 4 nitrogen and oxygen atoms in total. The van der Waals surface area contributed by atoms with Crippen molar-refractivity contribution >= 4 is 28.9 Å². The van der Waals surface area contributed by atoms with Crippen LogP contribution >= 0.6 is 23.2 Å². The zero-order valence-electron chi connectivity index (χ0n) is 11.3. The van der Waals surface area contributed by atoms with Crippen LogP contribution in [0.25, 0.3) is 0 Å². The van der Waals surface area contributed by atoms with Gasteiger partial charge >= 0.3 is 0 Å². The van der Waals surface area contributed by atoms with Gasteiger partial charge in [-0.1, -0.05) is 23.7 Å². The maximum atomic E-state index is 10.6. The van der Waals surface area contributed by atoms with E-state index < -0.39 is 4.92 Å². The molecule has 0 fully saturated rings. The molecule has 0 heterocycles. The van der Waals surface area contributed by atoms with Crippen LogP contribution in [0.5, 0.6) is 5.75 Å². The number of nitro groups is 1. The second-order valence-electron chi connectivity index (χ2n) is 4.48. The Balaban J connectivity index is 2.19. The summed E-state index contributed by atoms with van der Waals surface area (Å²) in [5.74, 6) is 0.668. The summed E-state index contributed by atoms with van der Waals surface area (Å²) >= 11 is 12.4. The predicted molar refractivity (Wildman–Crippen MR) is 83.4 cm³/mol. The average molecular weight is 326 g/mol. The topological polar surface area (TPSA) is 52.4 Å². The molecular formula is C15H13Cl2NO3. The summed E-state index contributed by atoms with van der Waals surface area (Å²) in [6.45, 7) is 0. The van der Waals surface area contributed by atoms with Crippen molar-refractivity contribution in [2.45, 2.75) is 11.8 Å². The van der Waals surface area contributed by atoms with E-state index in [0.717, 1.165) is 11.1 Å². The third-order valence-electron chi connectivity index (χ3n) is 3.09. The summed E-state index contributed by atoms with van der Waals surface area (Å²) in [6.07, 6.45) is 0.524. The SMILES string of the molecule is COc1ccc(Cl)cc1C(Cl)Cc1ccc([N+](=O)[O-])cc1. The molecule has 1 unspecified atom stereocenters. The first-order valence-corrected chi connectivity index (χ1v) is 7.03.